The molecule has 0 bridgehead atoms. The number of rotatable bonds is 5. The minimum Gasteiger partial charge on any atom is -0.507 e. The number of nitrogens with zero attached hydrogens (tertiary/aromatic N) is 1. The molecule has 6 nitrogen and oxygen atoms in total. The van der Waals surface area contributed by atoms with E-state index in [-0.39, 0.29) is 30.3 Å². The molecule has 0 saturated carbocycles. The van der Waals surface area contributed by atoms with Gasteiger partial charge in [0.2, 0.25) is 5.91 Å². The number of Topliss-reactive ketones (excluding diaryl/α,β-unsaturated/α-hetero) is 1. The van der Waals surface area contributed by atoms with Crippen LogP contribution >= 0.6 is 0 Å². The van der Waals surface area contributed by atoms with E-state index in [9.17, 15) is 23.9 Å². The first-order valence-electron chi connectivity index (χ1n) is 8.74. The van der Waals surface area contributed by atoms with Crippen LogP contribution in [-0.4, -0.2) is 40.7 Å². The lowest BCUT2D eigenvalue weighted by Crippen LogP contribution is -2.37. The van der Waals surface area contributed by atoms with Crippen molar-refractivity contribution in [2.75, 3.05) is 13.1 Å². The third-order valence-corrected chi connectivity index (χ3v) is 4.50. The van der Waals surface area contributed by atoms with E-state index >= 15 is 0 Å². The van der Waals surface area contributed by atoms with Gasteiger partial charge in [-0.15, -0.1) is 0 Å². The molecule has 1 saturated heterocycles. The number of ketones is 1. The zero-order chi connectivity index (χ0) is 20.3. The van der Waals surface area contributed by atoms with Crippen molar-refractivity contribution < 1.29 is 23.9 Å². The maximum absolute atomic E-state index is 13.4. The summed E-state index contributed by atoms with van der Waals surface area (Å²) in [5.74, 6) is -2.62. The summed E-state index contributed by atoms with van der Waals surface area (Å²) in [4.78, 5) is 37.7. The van der Waals surface area contributed by atoms with Crippen molar-refractivity contribution in [2.45, 2.75) is 13.0 Å². The van der Waals surface area contributed by atoms with Crippen LogP contribution in [0.5, 0.6) is 0 Å². The third kappa shape index (κ3) is 3.78. The molecule has 1 atom stereocenters. The molecule has 1 unspecified atom stereocenters. The molecule has 0 aromatic heterocycles. The molecule has 1 aliphatic heterocycles. The second kappa shape index (κ2) is 8.04. The van der Waals surface area contributed by atoms with Gasteiger partial charge in [-0.3, -0.25) is 14.4 Å². The van der Waals surface area contributed by atoms with E-state index in [1.165, 1.54) is 36.1 Å². The van der Waals surface area contributed by atoms with E-state index in [0.29, 0.717) is 11.1 Å². The summed E-state index contributed by atoms with van der Waals surface area (Å²) < 4.78 is 13.4. The number of hydrogen-bond donors (Lipinski definition) is 2. The van der Waals surface area contributed by atoms with Crippen LogP contribution in [0.15, 0.2) is 60.2 Å². The van der Waals surface area contributed by atoms with Crippen molar-refractivity contribution in [1.82, 2.24) is 10.2 Å². The third-order valence-electron chi connectivity index (χ3n) is 4.50. The number of carbonyl (C=O) groups excluding carboxylic acids is 3. The van der Waals surface area contributed by atoms with Crippen molar-refractivity contribution in [3.8, 4) is 0 Å². The highest BCUT2D eigenvalue weighted by molar-refractivity contribution is 6.46. The van der Waals surface area contributed by atoms with Crippen LogP contribution in [-0.2, 0) is 14.4 Å². The van der Waals surface area contributed by atoms with Crippen LogP contribution in [0, 0.1) is 5.82 Å². The first kappa shape index (κ1) is 19.3. The summed E-state index contributed by atoms with van der Waals surface area (Å²) in [7, 11) is 0. The number of carbonyl (C=O) groups is 3. The first-order valence-corrected chi connectivity index (χ1v) is 8.74. The predicted molar refractivity (Wildman–Crippen MR) is 101 cm³/mol. The van der Waals surface area contributed by atoms with Crippen LogP contribution < -0.4 is 5.32 Å². The largest absolute Gasteiger partial charge is 0.507 e. The minimum absolute atomic E-state index is 0.0642. The normalized spacial score (nSPS) is 18.4. The maximum atomic E-state index is 13.4. The number of amides is 2. The average molecular weight is 382 g/mol. The van der Waals surface area contributed by atoms with E-state index in [1.807, 2.05) is 0 Å². The minimum atomic E-state index is -0.880. The highest BCUT2D eigenvalue weighted by Gasteiger charge is 2.45. The summed E-state index contributed by atoms with van der Waals surface area (Å²) in [6.07, 6.45) is 0. The molecule has 3 rings (SSSR count). The first-order chi connectivity index (χ1) is 13.4. The molecule has 2 amide bonds. The number of benzene rings is 2. The maximum Gasteiger partial charge on any atom is 0.295 e. The predicted octanol–water partition coefficient (Wildman–Crippen LogP) is 2.38. The van der Waals surface area contributed by atoms with Crippen LogP contribution in [0.1, 0.15) is 24.1 Å². The number of hydrogen-bond acceptors (Lipinski definition) is 4. The van der Waals surface area contributed by atoms with Gasteiger partial charge in [0.25, 0.3) is 11.7 Å². The Kier molecular flexibility index (Phi) is 5.54. The smallest absolute Gasteiger partial charge is 0.295 e. The van der Waals surface area contributed by atoms with E-state index < -0.39 is 23.5 Å². The molecule has 144 valence electrons. The molecule has 0 aliphatic carbocycles. The molecule has 0 radical (unpaired) electrons. The summed E-state index contributed by atoms with van der Waals surface area (Å²) in [5.41, 5.74) is 0.820. The van der Waals surface area contributed by atoms with Gasteiger partial charge in [0.1, 0.15) is 11.6 Å². The Morgan fingerprint density at radius 2 is 1.75 bits per heavy atom. The summed E-state index contributed by atoms with van der Waals surface area (Å²) in [5, 5.41) is 13.3. The lowest BCUT2D eigenvalue weighted by Gasteiger charge is -2.25. The van der Waals surface area contributed by atoms with Crippen molar-refractivity contribution in [3.05, 3.63) is 77.1 Å². The van der Waals surface area contributed by atoms with Gasteiger partial charge < -0.3 is 15.3 Å². The summed E-state index contributed by atoms with van der Waals surface area (Å²) in [6.45, 7) is 1.56. The van der Waals surface area contributed by atoms with Gasteiger partial charge in [0, 0.05) is 25.6 Å². The molecule has 28 heavy (non-hydrogen) atoms. The Bertz CT molecular complexity index is 939. The molecule has 7 heteroatoms. The Morgan fingerprint density at radius 1 is 1.11 bits per heavy atom. The van der Waals surface area contributed by atoms with E-state index in [1.54, 1.807) is 30.3 Å². The van der Waals surface area contributed by atoms with Crippen LogP contribution in [0.3, 0.4) is 0 Å². The Labute approximate surface area is 161 Å². The van der Waals surface area contributed by atoms with Crippen LogP contribution in [0.4, 0.5) is 4.39 Å². The van der Waals surface area contributed by atoms with Gasteiger partial charge >= 0.3 is 0 Å². The summed E-state index contributed by atoms with van der Waals surface area (Å²) in [6, 6.07) is 12.9. The van der Waals surface area contributed by atoms with Gasteiger partial charge in [-0.1, -0.05) is 42.5 Å². The second-order valence-electron chi connectivity index (χ2n) is 6.39. The molecule has 1 heterocycles. The SMILES string of the molecule is CC(=O)NCCN1C(=O)C(=O)/C(=C(\O)c2ccccc2)C1c1ccc(F)cc1. The monoisotopic (exact) mass is 382 g/mol. The van der Waals surface area contributed by atoms with Gasteiger partial charge in [-0.2, -0.15) is 0 Å². The molecule has 0 spiro atoms. The van der Waals surface area contributed by atoms with Gasteiger partial charge in [0.15, 0.2) is 0 Å². The standard InChI is InChI=1S/C21H19FN2O4/c1-13(25)23-11-12-24-18(14-7-9-16(22)10-8-14)17(20(27)21(24)28)19(26)15-5-3-2-4-6-15/h2-10,18,26H,11-12H2,1H3,(H,23,25)/b19-17-. The van der Waals surface area contributed by atoms with Gasteiger partial charge in [0.05, 0.1) is 11.6 Å². The molecule has 1 aliphatic rings. The van der Waals surface area contributed by atoms with Crippen molar-refractivity contribution in [1.29, 1.82) is 0 Å². The van der Waals surface area contributed by atoms with Crippen molar-refractivity contribution in [3.63, 3.8) is 0 Å². The fourth-order valence-corrected chi connectivity index (χ4v) is 3.21. The highest BCUT2D eigenvalue weighted by atomic mass is 19.1. The topological polar surface area (TPSA) is 86.7 Å². The Hall–Kier alpha value is -3.48. The molecule has 1 fully saturated rings. The lowest BCUT2D eigenvalue weighted by atomic mass is 9.95. The second-order valence-corrected chi connectivity index (χ2v) is 6.39. The Morgan fingerprint density at radius 3 is 2.36 bits per heavy atom. The summed E-state index contributed by atoms with van der Waals surface area (Å²) >= 11 is 0. The van der Waals surface area contributed by atoms with Crippen LogP contribution in [0.2, 0.25) is 0 Å². The fourth-order valence-electron chi connectivity index (χ4n) is 3.21. The highest BCUT2D eigenvalue weighted by Crippen LogP contribution is 2.39. The number of aliphatic hydroxyl groups excluding tert-OH is 1. The molecule has 2 aromatic rings. The van der Waals surface area contributed by atoms with Gasteiger partial charge in [-0.05, 0) is 17.7 Å². The zero-order valence-corrected chi connectivity index (χ0v) is 15.2. The van der Waals surface area contributed by atoms with E-state index in [0.717, 1.165) is 0 Å². The number of nitrogens with one attached hydrogen (secondary N) is 1. The Balaban J connectivity index is 2.08. The van der Waals surface area contributed by atoms with E-state index in [4.69, 9.17) is 0 Å². The molecule has 2 aromatic carbocycles. The fraction of sp³-hybridized carbons (Fsp3) is 0.190. The number of halogens is 1. The number of likely N-dealkylation sites (tertiary alicyclic amines) is 1. The number of aliphatic hydroxyl groups is 1. The molecule has 2 N–H and O–H groups in total. The zero-order valence-electron chi connectivity index (χ0n) is 15.2. The van der Waals surface area contributed by atoms with Crippen molar-refractivity contribution in [2.24, 2.45) is 0 Å². The quantitative estimate of drug-likeness (QED) is 0.472. The lowest BCUT2D eigenvalue weighted by molar-refractivity contribution is -0.139. The average Bonchev–Trinajstić information content (AvgIpc) is 2.93. The van der Waals surface area contributed by atoms with E-state index in [2.05, 4.69) is 5.32 Å². The van der Waals surface area contributed by atoms with Crippen LogP contribution in [0.25, 0.3) is 5.76 Å². The van der Waals surface area contributed by atoms with Crippen molar-refractivity contribution >= 4 is 23.4 Å². The molecular weight excluding hydrogens is 363 g/mol. The molecular formula is C21H19FN2O4. The van der Waals surface area contributed by atoms with Gasteiger partial charge in [-0.25, -0.2) is 4.39 Å².